The molecule has 3 rings (SSSR count). The van der Waals surface area contributed by atoms with E-state index in [1.807, 2.05) is 0 Å². The van der Waals surface area contributed by atoms with Gasteiger partial charge >= 0.3 is 5.97 Å². The number of rotatable bonds is 7. The summed E-state index contributed by atoms with van der Waals surface area (Å²) < 4.78 is 38.5. The molecule has 0 bridgehead atoms. The van der Waals surface area contributed by atoms with Gasteiger partial charge in [-0.15, -0.1) is 0 Å². The van der Waals surface area contributed by atoms with Crippen molar-refractivity contribution in [1.82, 2.24) is 9.21 Å². The molecule has 1 aromatic carbocycles. The third-order valence-corrected chi connectivity index (χ3v) is 8.47. The molecule has 29 heavy (non-hydrogen) atoms. The Morgan fingerprint density at radius 2 is 1.90 bits per heavy atom. The lowest BCUT2D eigenvalue weighted by atomic mass is 9.94. The predicted octanol–water partition coefficient (Wildman–Crippen LogP) is 2.75. The molecule has 0 unspecified atom stereocenters. The number of carbonyl (C=O) groups excluding carboxylic acids is 1. The summed E-state index contributed by atoms with van der Waals surface area (Å²) in [6, 6.07) is 4.50. The largest absolute Gasteiger partial charge is 0.462 e. The van der Waals surface area contributed by atoms with Gasteiger partial charge in [-0.05, 0) is 72.8 Å². The Kier molecular flexibility index (Phi) is 8.09. The summed E-state index contributed by atoms with van der Waals surface area (Å²) in [7, 11) is -3.60. The Balaban J connectivity index is 1.57. The van der Waals surface area contributed by atoms with Gasteiger partial charge in [-0.3, -0.25) is 4.90 Å². The maximum atomic E-state index is 13.1. The number of hydrogen-bond donors (Lipinski definition) is 0. The maximum Gasteiger partial charge on any atom is 0.338 e. The van der Waals surface area contributed by atoms with Crippen LogP contribution in [-0.2, 0) is 19.5 Å². The molecule has 162 valence electrons. The number of piperidine rings is 1. The van der Waals surface area contributed by atoms with E-state index in [2.05, 4.69) is 20.8 Å². The van der Waals surface area contributed by atoms with Crippen molar-refractivity contribution >= 4 is 31.9 Å². The van der Waals surface area contributed by atoms with E-state index < -0.39 is 16.0 Å². The molecule has 0 radical (unpaired) electrons. The smallest absolute Gasteiger partial charge is 0.338 e. The van der Waals surface area contributed by atoms with Crippen molar-refractivity contribution in [2.75, 3.05) is 52.5 Å². The summed E-state index contributed by atoms with van der Waals surface area (Å²) >= 11 is 3.32. The fourth-order valence-corrected chi connectivity index (χ4v) is 6.33. The molecular weight excluding hydrogens is 460 g/mol. The molecular formula is C20H29BrN2O5S. The lowest BCUT2D eigenvalue weighted by Crippen LogP contribution is -2.40. The number of morpholine rings is 1. The van der Waals surface area contributed by atoms with Gasteiger partial charge in [-0.1, -0.05) is 0 Å². The Hall–Kier alpha value is -1.00. The summed E-state index contributed by atoms with van der Waals surface area (Å²) in [6.45, 7) is 7.71. The van der Waals surface area contributed by atoms with Crippen LogP contribution in [-0.4, -0.2) is 76.1 Å². The second-order valence-corrected chi connectivity index (χ2v) is 10.2. The third-order valence-electron chi connectivity index (χ3n) is 5.59. The average Bonchev–Trinajstić information content (AvgIpc) is 2.73. The number of halogens is 1. The van der Waals surface area contributed by atoms with Crippen molar-refractivity contribution in [3.8, 4) is 0 Å². The minimum absolute atomic E-state index is 0.192. The van der Waals surface area contributed by atoms with Crippen molar-refractivity contribution in [3.05, 3.63) is 28.2 Å². The first kappa shape index (κ1) is 22.7. The molecule has 0 atom stereocenters. The Morgan fingerprint density at radius 1 is 1.21 bits per heavy atom. The molecule has 9 heteroatoms. The van der Waals surface area contributed by atoms with Crippen LogP contribution in [0.4, 0.5) is 0 Å². The van der Waals surface area contributed by atoms with Crippen molar-refractivity contribution in [1.29, 1.82) is 0 Å². The van der Waals surface area contributed by atoms with Gasteiger partial charge in [-0.25, -0.2) is 13.2 Å². The molecule has 0 aromatic heterocycles. The fourth-order valence-electron chi connectivity index (χ4n) is 3.82. The minimum Gasteiger partial charge on any atom is -0.462 e. The molecule has 0 amide bonds. The second-order valence-electron chi connectivity index (χ2n) is 7.46. The molecule has 0 saturated carbocycles. The number of nitrogens with zero attached hydrogens (tertiary/aromatic N) is 2. The maximum absolute atomic E-state index is 13.1. The van der Waals surface area contributed by atoms with Gasteiger partial charge < -0.3 is 9.47 Å². The number of benzene rings is 1. The quantitative estimate of drug-likeness (QED) is 0.549. The molecule has 0 N–H and O–H groups in total. The van der Waals surface area contributed by atoms with E-state index in [0.717, 1.165) is 52.1 Å². The lowest BCUT2D eigenvalue weighted by Gasteiger charge is -2.33. The van der Waals surface area contributed by atoms with E-state index in [1.165, 1.54) is 18.2 Å². The minimum atomic E-state index is -3.60. The molecule has 2 heterocycles. The van der Waals surface area contributed by atoms with Crippen LogP contribution in [0.2, 0.25) is 0 Å². The van der Waals surface area contributed by atoms with E-state index in [4.69, 9.17) is 9.47 Å². The van der Waals surface area contributed by atoms with Gasteiger partial charge in [0.2, 0.25) is 10.0 Å². The van der Waals surface area contributed by atoms with Crippen LogP contribution in [0, 0.1) is 5.92 Å². The van der Waals surface area contributed by atoms with Crippen LogP contribution in [0.5, 0.6) is 0 Å². The van der Waals surface area contributed by atoms with Crippen molar-refractivity contribution < 1.29 is 22.7 Å². The van der Waals surface area contributed by atoms with Crippen LogP contribution < -0.4 is 0 Å². The van der Waals surface area contributed by atoms with Crippen LogP contribution in [0.1, 0.15) is 36.5 Å². The number of hydrogen-bond acceptors (Lipinski definition) is 6. The first-order chi connectivity index (χ1) is 13.9. The highest BCUT2D eigenvalue weighted by Crippen LogP contribution is 2.30. The Morgan fingerprint density at radius 3 is 2.52 bits per heavy atom. The summed E-state index contributed by atoms with van der Waals surface area (Å²) in [5.74, 6) is 0.0946. The van der Waals surface area contributed by atoms with E-state index in [1.54, 1.807) is 11.2 Å². The number of esters is 1. The van der Waals surface area contributed by atoms with Crippen LogP contribution in [0.25, 0.3) is 0 Å². The molecule has 2 fully saturated rings. The van der Waals surface area contributed by atoms with Gasteiger partial charge in [0, 0.05) is 30.7 Å². The third kappa shape index (κ3) is 5.79. The lowest BCUT2D eigenvalue weighted by molar-refractivity contribution is 0.0343. The van der Waals surface area contributed by atoms with Gasteiger partial charge in [0.15, 0.2) is 0 Å². The normalized spacial score (nSPS) is 19.9. The van der Waals surface area contributed by atoms with Gasteiger partial charge in [0.1, 0.15) is 0 Å². The standard InChI is InChI=1S/C20H29BrN2O5S/c1-2-28-20(24)17-3-4-19(18(21)15-17)29(25,26)23-9-6-16(7-10-23)5-8-22-11-13-27-14-12-22/h3-4,15-16H,2,5-14H2,1H3. The number of ether oxygens (including phenoxy) is 2. The zero-order valence-electron chi connectivity index (χ0n) is 16.8. The number of sulfonamides is 1. The zero-order chi connectivity index (χ0) is 20.9. The van der Waals surface area contributed by atoms with Crippen molar-refractivity contribution in [2.24, 2.45) is 5.92 Å². The Bertz CT molecular complexity index is 803. The summed E-state index contributed by atoms with van der Waals surface area (Å²) in [5.41, 5.74) is 0.333. The van der Waals surface area contributed by atoms with Gasteiger partial charge in [0.25, 0.3) is 0 Å². The van der Waals surface area contributed by atoms with Gasteiger partial charge in [-0.2, -0.15) is 4.31 Å². The van der Waals surface area contributed by atoms with E-state index in [-0.39, 0.29) is 11.5 Å². The summed E-state index contributed by atoms with van der Waals surface area (Å²) in [5, 5.41) is 0. The molecule has 2 aliphatic rings. The number of carbonyl (C=O) groups is 1. The van der Waals surface area contributed by atoms with E-state index in [0.29, 0.717) is 29.0 Å². The highest BCUT2D eigenvalue weighted by Gasteiger charge is 2.31. The fraction of sp³-hybridized carbons (Fsp3) is 0.650. The second kappa shape index (κ2) is 10.3. The highest BCUT2D eigenvalue weighted by atomic mass is 79.9. The van der Waals surface area contributed by atoms with Crippen LogP contribution in [0.3, 0.4) is 0 Å². The molecule has 0 aliphatic carbocycles. The van der Waals surface area contributed by atoms with Crippen LogP contribution in [0.15, 0.2) is 27.6 Å². The molecule has 2 saturated heterocycles. The van der Waals surface area contributed by atoms with Gasteiger partial charge in [0.05, 0.1) is 30.3 Å². The average molecular weight is 489 g/mol. The first-order valence-corrected chi connectivity index (χ1v) is 12.4. The van der Waals surface area contributed by atoms with E-state index in [9.17, 15) is 13.2 Å². The summed E-state index contributed by atoms with van der Waals surface area (Å²) in [4.78, 5) is 14.5. The van der Waals surface area contributed by atoms with Crippen molar-refractivity contribution in [3.63, 3.8) is 0 Å². The first-order valence-electron chi connectivity index (χ1n) is 10.2. The molecule has 1 aromatic rings. The molecule has 2 aliphatic heterocycles. The highest BCUT2D eigenvalue weighted by molar-refractivity contribution is 9.10. The SMILES string of the molecule is CCOC(=O)c1ccc(S(=O)(=O)N2CCC(CCN3CCOCC3)CC2)c(Br)c1. The Labute approximate surface area is 181 Å². The topological polar surface area (TPSA) is 76.2 Å². The predicted molar refractivity (Wildman–Crippen MR) is 113 cm³/mol. The molecule has 7 nitrogen and oxygen atoms in total. The van der Waals surface area contributed by atoms with Crippen molar-refractivity contribution in [2.45, 2.75) is 31.1 Å². The van der Waals surface area contributed by atoms with E-state index >= 15 is 0 Å². The summed E-state index contributed by atoms with van der Waals surface area (Å²) in [6.07, 6.45) is 2.86. The van der Waals surface area contributed by atoms with Crippen LogP contribution >= 0.6 is 15.9 Å². The molecule has 0 spiro atoms. The zero-order valence-corrected chi connectivity index (χ0v) is 19.2. The monoisotopic (exact) mass is 488 g/mol.